The van der Waals surface area contributed by atoms with Crippen molar-refractivity contribution >= 4 is 28.1 Å². The zero-order valence-corrected chi connectivity index (χ0v) is 17.2. The van der Waals surface area contributed by atoms with Crippen molar-refractivity contribution in [1.29, 1.82) is 0 Å². The summed E-state index contributed by atoms with van der Waals surface area (Å²) in [6.45, 7) is 2.00. The highest BCUT2D eigenvalue weighted by Gasteiger charge is 2.06. The number of rotatable bonds is 9. The van der Waals surface area contributed by atoms with Crippen LogP contribution in [0.1, 0.15) is 24.5 Å². The van der Waals surface area contributed by atoms with Crippen LogP contribution in [0.5, 0.6) is 17.2 Å². The smallest absolute Gasteiger partial charge is 0.277 e. The molecule has 1 amide bonds. The molecule has 0 radical (unpaired) electrons. The van der Waals surface area contributed by atoms with Gasteiger partial charge in [0.2, 0.25) is 0 Å². The van der Waals surface area contributed by atoms with Gasteiger partial charge in [0.25, 0.3) is 5.91 Å². The standard InChI is InChI=1S/C20H23BrN2O4/c1-4-5-14-6-8-17(16(21)10-14)27-13-20(24)23-22-12-15-7-9-18(25-2)19(11-15)26-3/h6-12H,4-5,13H2,1-3H3,(H,23,24)/b22-12+. The van der Waals surface area contributed by atoms with Crippen LogP contribution >= 0.6 is 15.9 Å². The summed E-state index contributed by atoms with van der Waals surface area (Å²) in [6, 6.07) is 11.2. The van der Waals surface area contributed by atoms with Gasteiger partial charge in [-0.25, -0.2) is 5.43 Å². The molecule has 2 aromatic carbocycles. The van der Waals surface area contributed by atoms with E-state index in [1.807, 2.05) is 24.3 Å². The molecule has 0 unspecified atom stereocenters. The zero-order chi connectivity index (χ0) is 19.6. The number of hydrogen-bond donors (Lipinski definition) is 1. The fraction of sp³-hybridized carbons (Fsp3) is 0.300. The monoisotopic (exact) mass is 434 g/mol. The Morgan fingerprint density at radius 3 is 2.52 bits per heavy atom. The molecule has 0 aliphatic rings. The molecule has 0 aliphatic heterocycles. The molecule has 0 bridgehead atoms. The summed E-state index contributed by atoms with van der Waals surface area (Å²) in [4.78, 5) is 11.9. The van der Waals surface area contributed by atoms with E-state index in [1.54, 1.807) is 26.4 Å². The van der Waals surface area contributed by atoms with Gasteiger partial charge in [0, 0.05) is 0 Å². The van der Waals surface area contributed by atoms with E-state index in [0.29, 0.717) is 17.2 Å². The number of amides is 1. The normalized spacial score (nSPS) is 10.7. The lowest BCUT2D eigenvalue weighted by molar-refractivity contribution is -0.123. The Morgan fingerprint density at radius 2 is 1.85 bits per heavy atom. The minimum Gasteiger partial charge on any atom is -0.493 e. The number of nitrogens with one attached hydrogen (secondary N) is 1. The molecule has 0 spiro atoms. The van der Waals surface area contributed by atoms with Crippen LogP contribution in [-0.4, -0.2) is 32.9 Å². The highest BCUT2D eigenvalue weighted by Crippen LogP contribution is 2.27. The third-order valence-electron chi connectivity index (χ3n) is 3.70. The maximum absolute atomic E-state index is 11.9. The Bertz CT molecular complexity index is 809. The number of ether oxygens (including phenoxy) is 3. The number of benzene rings is 2. The van der Waals surface area contributed by atoms with Gasteiger partial charge in [0.15, 0.2) is 18.1 Å². The van der Waals surface area contributed by atoms with Crippen LogP contribution in [-0.2, 0) is 11.2 Å². The minimum atomic E-state index is -0.351. The minimum absolute atomic E-state index is 0.130. The largest absolute Gasteiger partial charge is 0.493 e. The van der Waals surface area contributed by atoms with Gasteiger partial charge in [0.1, 0.15) is 5.75 Å². The number of hydrogen-bond acceptors (Lipinski definition) is 5. The van der Waals surface area contributed by atoms with E-state index in [0.717, 1.165) is 22.9 Å². The summed E-state index contributed by atoms with van der Waals surface area (Å²) in [5.74, 6) is 1.49. The van der Waals surface area contributed by atoms with Gasteiger partial charge >= 0.3 is 0 Å². The fourth-order valence-electron chi connectivity index (χ4n) is 2.39. The van der Waals surface area contributed by atoms with Crippen molar-refractivity contribution < 1.29 is 19.0 Å². The number of halogens is 1. The van der Waals surface area contributed by atoms with Gasteiger partial charge in [-0.05, 0) is 63.8 Å². The van der Waals surface area contributed by atoms with E-state index in [1.165, 1.54) is 11.8 Å². The molecular weight excluding hydrogens is 412 g/mol. The van der Waals surface area contributed by atoms with E-state index in [-0.39, 0.29) is 12.5 Å². The lowest BCUT2D eigenvalue weighted by Gasteiger charge is -2.09. The molecule has 27 heavy (non-hydrogen) atoms. The first kappa shape index (κ1) is 20.8. The molecule has 1 N–H and O–H groups in total. The second-order valence-electron chi connectivity index (χ2n) is 5.71. The molecule has 0 heterocycles. The second kappa shape index (κ2) is 10.6. The molecule has 0 aromatic heterocycles. The van der Waals surface area contributed by atoms with E-state index < -0.39 is 0 Å². The van der Waals surface area contributed by atoms with Crippen molar-refractivity contribution in [3.05, 3.63) is 52.0 Å². The Hall–Kier alpha value is -2.54. The zero-order valence-electron chi connectivity index (χ0n) is 15.6. The Kier molecular flexibility index (Phi) is 8.13. The summed E-state index contributed by atoms with van der Waals surface area (Å²) >= 11 is 3.47. The predicted octanol–water partition coefficient (Wildman–Crippen LogP) is 3.95. The van der Waals surface area contributed by atoms with Crippen molar-refractivity contribution in [3.8, 4) is 17.2 Å². The van der Waals surface area contributed by atoms with Gasteiger partial charge in [-0.3, -0.25) is 4.79 Å². The van der Waals surface area contributed by atoms with Crippen LogP contribution in [0.2, 0.25) is 0 Å². The Morgan fingerprint density at radius 1 is 1.11 bits per heavy atom. The molecular formula is C20H23BrN2O4. The summed E-state index contributed by atoms with van der Waals surface area (Å²) in [5.41, 5.74) is 4.43. The molecule has 0 fully saturated rings. The van der Waals surface area contributed by atoms with Crippen LogP contribution in [0.15, 0.2) is 46.0 Å². The fourth-order valence-corrected chi connectivity index (χ4v) is 2.93. The van der Waals surface area contributed by atoms with E-state index in [2.05, 4.69) is 33.4 Å². The third-order valence-corrected chi connectivity index (χ3v) is 4.32. The molecule has 0 atom stereocenters. The van der Waals surface area contributed by atoms with Gasteiger partial charge in [-0.15, -0.1) is 0 Å². The third kappa shape index (κ3) is 6.29. The highest BCUT2D eigenvalue weighted by molar-refractivity contribution is 9.10. The van der Waals surface area contributed by atoms with Crippen LogP contribution in [0.4, 0.5) is 0 Å². The molecule has 6 nitrogen and oxygen atoms in total. The lowest BCUT2D eigenvalue weighted by atomic mass is 10.1. The first-order chi connectivity index (χ1) is 13.1. The molecule has 0 saturated carbocycles. The number of nitrogens with zero attached hydrogens (tertiary/aromatic N) is 1. The maximum atomic E-state index is 11.9. The van der Waals surface area contributed by atoms with Crippen molar-refractivity contribution in [2.45, 2.75) is 19.8 Å². The number of methoxy groups -OCH3 is 2. The van der Waals surface area contributed by atoms with E-state index >= 15 is 0 Å². The highest BCUT2D eigenvalue weighted by atomic mass is 79.9. The number of carbonyl (C=O) groups is 1. The quantitative estimate of drug-likeness (QED) is 0.479. The lowest BCUT2D eigenvalue weighted by Crippen LogP contribution is -2.24. The first-order valence-corrected chi connectivity index (χ1v) is 9.31. The van der Waals surface area contributed by atoms with Crippen LogP contribution in [0, 0.1) is 0 Å². The van der Waals surface area contributed by atoms with Gasteiger partial charge in [0.05, 0.1) is 24.9 Å². The predicted molar refractivity (Wildman–Crippen MR) is 109 cm³/mol. The van der Waals surface area contributed by atoms with Gasteiger partial charge in [-0.1, -0.05) is 19.4 Å². The maximum Gasteiger partial charge on any atom is 0.277 e. The SMILES string of the molecule is CCCc1ccc(OCC(=O)N/N=C/c2ccc(OC)c(OC)c2)c(Br)c1. The van der Waals surface area contributed by atoms with Crippen molar-refractivity contribution in [1.82, 2.24) is 5.43 Å². The average Bonchev–Trinajstić information content (AvgIpc) is 2.67. The second-order valence-corrected chi connectivity index (χ2v) is 6.57. The average molecular weight is 435 g/mol. The molecule has 7 heteroatoms. The first-order valence-electron chi connectivity index (χ1n) is 8.52. The number of aryl methyl sites for hydroxylation is 1. The van der Waals surface area contributed by atoms with Crippen LogP contribution in [0.25, 0.3) is 0 Å². The number of carbonyl (C=O) groups excluding carboxylic acids is 1. The summed E-state index contributed by atoms with van der Waals surface area (Å²) in [7, 11) is 3.13. The summed E-state index contributed by atoms with van der Waals surface area (Å²) in [6.07, 6.45) is 3.60. The van der Waals surface area contributed by atoms with Crippen molar-refractivity contribution in [3.63, 3.8) is 0 Å². The van der Waals surface area contributed by atoms with Gasteiger partial charge < -0.3 is 14.2 Å². The Labute approximate surface area is 167 Å². The topological polar surface area (TPSA) is 69.2 Å². The molecule has 2 rings (SSSR count). The molecule has 0 aliphatic carbocycles. The van der Waals surface area contributed by atoms with E-state index in [4.69, 9.17) is 14.2 Å². The Balaban J connectivity index is 1.86. The van der Waals surface area contributed by atoms with Gasteiger partial charge in [-0.2, -0.15) is 5.10 Å². The van der Waals surface area contributed by atoms with E-state index in [9.17, 15) is 4.79 Å². The van der Waals surface area contributed by atoms with Crippen molar-refractivity contribution in [2.75, 3.05) is 20.8 Å². The summed E-state index contributed by atoms with van der Waals surface area (Å²) < 4.78 is 16.8. The number of hydrazone groups is 1. The van der Waals surface area contributed by atoms with Crippen molar-refractivity contribution in [2.24, 2.45) is 5.10 Å². The van der Waals surface area contributed by atoms with Crippen LogP contribution < -0.4 is 19.6 Å². The van der Waals surface area contributed by atoms with Crippen LogP contribution in [0.3, 0.4) is 0 Å². The molecule has 2 aromatic rings. The molecule has 0 saturated heterocycles. The summed E-state index contributed by atoms with van der Waals surface area (Å²) in [5, 5.41) is 3.93. The molecule has 144 valence electrons.